The van der Waals surface area contributed by atoms with Crippen LogP contribution in [0.2, 0.25) is 0 Å². The van der Waals surface area contributed by atoms with Crippen molar-refractivity contribution >= 4 is 11.9 Å². The second-order valence-corrected chi connectivity index (χ2v) is 3.32. The molecule has 0 fully saturated rings. The SMILES string of the molecule is C=C(C)C(=O)NCCCCOC(=O)CC. The van der Waals surface area contributed by atoms with Crippen molar-refractivity contribution in [3.63, 3.8) is 0 Å². The molecule has 86 valence electrons. The van der Waals surface area contributed by atoms with Gasteiger partial charge < -0.3 is 10.1 Å². The number of ether oxygens (including phenoxy) is 1. The molecule has 0 rings (SSSR count). The molecule has 1 amide bonds. The number of rotatable bonds is 7. The van der Waals surface area contributed by atoms with Crippen molar-refractivity contribution in [3.05, 3.63) is 12.2 Å². The Morgan fingerprint density at radius 3 is 2.53 bits per heavy atom. The Labute approximate surface area is 90.7 Å². The summed E-state index contributed by atoms with van der Waals surface area (Å²) < 4.78 is 4.88. The normalized spacial score (nSPS) is 9.47. The Balaban J connectivity index is 3.29. The number of unbranched alkanes of at least 4 members (excludes halogenated alkanes) is 1. The lowest BCUT2D eigenvalue weighted by Gasteiger charge is -2.05. The summed E-state index contributed by atoms with van der Waals surface area (Å²) in [7, 11) is 0. The molecular formula is C11H19NO3. The van der Waals surface area contributed by atoms with Crippen LogP contribution >= 0.6 is 0 Å². The van der Waals surface area contributed by atoms with Gasteiger partial charge in [0.1, 0.15) is 0 Å². The lowest BCUT2D eigenvalue weighted by molar-refractivity contribution is -0.143. The number of hydrogen-bond acceptors (Lipinski definition) is 3. The zero-order valence-electron chi connectivity index (χ0n) is 9.47. The second-order valence-electron chi connectivity index (χ2n) is 3.32. The average Bonchev–Trinajstić information content (AvgIpc) is 2.22. The van der Waals surface area contributed by atoms with Gasteiger partial charge in [0.2, 0.25) is 5.91 Å². The topological polar surface area (TPSA) is 55.4 Å². The number of esters is 1. The maximum Gasteiger partial charge on any atom is 0.305 e. The van der Waals surface area contributed by atoms with E-state index in [1.165, 1.54) is 0 Å². The average molecular weight is 213 g/mol. The van der Waals surface area contributed by atoms with Crippen molar-refractivity contribution in [2.75, 3.05) is 13.2 Å². The highest BCUT2D eigenvalue weighted by molar-refractivity contribution is 5.91. The summed E-state index contributed by atoms with van der Waals surface area (Å²) in [5, 5.41) is 2.71. The van der Waals surface area contributed by atoms with Crippen LogP contribution in [-0.2, 0) is 14.3 Å². The van der Waals surface area contributed by atoms with Gasteiger partial charge in [-0.25, -0.2) is 0 Å². The number of hydrogen-bond donors (Lipinski definition) is 1. The van der Waals surface area contributed by atoms with Crippen LogP contribution in [0.25, 0.3) is 0 Å². The van der Waals surface area contributed by atoms with E-state index < -0.39 is 0 Å². The van der Waals surface area contributed by atoms with Crippen LogP contribution in [0.15, 0.2) is 12.2 Å². The summed E-state index contributed by atoms with van der Waals surface area (Å²) in [6, 6.07) is 0. The minimum absolute atomic E-state index is 0.124. The van der Waals surface area contributed by atoms with Crippen molar-refractivity contribution in [1.82, 2.24) is 5.32 Å². The summed E-state index contributed by atoms with van der Waals surface area (Å²) in [4.78, 5) is 21.8. The fraction of sp³-hybridized carbons (Fsp3) is 0.636. The first kappa shape index (κ1) is 13.7. The molecule has 0 aliphatic carbocycles. The van der Waals surface area contributed by atoms with Gasteiger partial charge in [-0.2, -0.15) is 0 Å². The van der Waals surface area contributed by atoms with E-state index in [0.717, 1.165) is 12.8 Å². The standard InChI is InChI=1S/C11H19NO3/c1-4-10(13)15-8-6-5-7-12-11(14)9(2)3/h2,4-8H2,1,3H3,(H,12,14). The van der Waals surface area contributed by atoms with Gasteiger partial charge in [-0.3, -0.25) is 9.59 Å². The molecule has 0 unspecified atom stereocenters. The van der Waals surface area contributed by atoms with E-state index in [9.17, 15) is 9.59 Å². The molecule has 4 heteroatoms. The van der Waals surface area contributed by atoms with Crippen LogP contribution in [-0.4, -0.2) is 25.0 Å². The van der Waals surface area contributed by atoms with E-state index in [1.54, 1.807) is 13.8 Å². The molecular weight excluding hydrogens is 194 g/mol. The molecule has 4 nitrogen and oxygen atoms in total. The molecule has 0 heterocycles. The van der Waals surface area contributed by atoms with Crippen LogP contribution < -0.4 is 5.32 Å². The van der Waals surface area contributed by atoms with E-state index >= 15 is 0 Å². The Morgan fingerprint density at radius 1 is 1.33 bits per heavy atom. The summed E-state index contributed by atoms with van der Waals surface area (Å²) in [6.45, 7) is 7.97. The van der Waals surface area contributed by atoms with Gasteiger partial charge in [0, 0.05) is 18.5 Å². The Bertz CT molecular complexity index is 236. The van der Waals surface area contributed by atoms with Crippen LogP contribution in [0, 0.1) is 0 Å². The zero-order chi connectivity index (χ0) is 11.7. The fourth-order valence-corrected chi connectivity index (χ4v) is 0.868. The van der Waals surface area contributed by atoms with Gasteiger partial charge in [0.25, 0.3) is 0 Å². The third-order valence-electron chi connectivity index (χ3n) is 1.80. The smallest absolute Gasteiger partial charge is 0.305 e. The maximum atomic E-state index is 11.0. The van der Waals surface area contributed by atoms with Crippen molar-refractivity contribution in [2.45, 2.75) is 33.1 Å². The second kappa shape index (κ2) is 8.03. The minimum Gasteiger partial charge on any atom is -0.466 e. The van der Waals surface area contributed by atoms with Crippen LogP contribution in [0.1, 0.15) is 33.1 Å². The van der Waals surface area contributed by atoms with Gasteiger partial charge in [0.15, 0.2) is 0 Å². The van der Waals surface area contributed by atoms with Gasteiger partial charge in [0.05, 0.1) is 6.61 Å². The van der Waals surface area contributed by atoms with E-state index in [1.807, 2.05) is 0 Å². The van der Waals surface area contributed by atoms with Crippen LogP contribution in [0.5, 0.6) is 0 Å². The maximum absolute atomic E-state index is 11.0. The number of amides is 1. The summed E-state index contributed by atoms with van der Waals surface area (Å²) in [6.07, 6.45) is 1.98. The number of carbonyl (C=O) groups is 2. The van der Waals surface area contributed by atoms with Crippen molar-refractivity contribution in [1.29, 1.82) is 0 Å². The molecule has 15 heavy (non-hydrogen) atoms. The predicted octanol–water partition coefficient (Wildman–Crippen LogP) is 1.41. The van der Waals surface area contributed by atoms with Gasteiger partial charge in [-0.1, -0.05) is 13.5 Å². The Kier molecular flexibility index (Phi) is 7.32. The highest BCUT2D eigenvalue weighted by atomic mass is 16.5. The summed E-state index contributed by atoms with van der Waals surface area (Å²) >= 11 is 0. The quantitative estimate of drug-likeness (QED) is 0.395. The molecule has 0 bridgehead atoms. The molecule has 0 aromatic heterocycles. The van der Waals surface area contributed by atoms with E-state index in [-0.39, 0.29) is 11.9 Å². The largest absolute Gasteiger partial charge is 0.466 e. The van der Waals surface area contributed by atoms with E-state index in [4.69, 9.17) is 4.74 Å². The van der Waals surface area contributed by atoms with Crippen LogP contribution in [0.4, 0.5) is 0 Å². The molecule has 0 radical (unpaired) electrons. The molecule has 0 aromatic rings. The first-order valence-corrected chi connectivity index (χ1v) is 5.17. The monoisotopic (exact) mass is 213 g/mol. The fourth-order valence-electron chi connectivity index (χ4n) is 0.868. The minimum atomic E-state index is -0.180. The molecule has 0 aliphatic heterocycles. The van der Waals surface area contributed by atoms with Crippen LogP contribution in [0.3, 0.4) is 0 Å². The lowest BCUT2D eigenvalue weighted by atomic mass is 10.3. The van der Waals surface area contributed by atoms with Crippen molar-refractivity contribution < 1.29 is 14.3 Å². The molecule has 0 spiro atoms. The molecule has 0 aromatic carbocycles. The molecule has 1 N–H and O–H groups in total. The number of nitrogens with one attached hydrogen (secondary N) is 1. The van der Waals surface area contributed by atoms with Crippen molar-refractivity contribution in [2.24, 2.45) is 0 Å². The van der Waals surface area contributed by atoms with Crippen molar-refractivity contribution in [3.8, 4) is 0 Å². The molecule has 0 saturated heterocycles. The van der Waals surface area contributed by atoms with Gasteiger partial charge in [-0.05, 0) is 19.8 Å². The Hall–Kier alpha value is -1.32. The zero-order valence-corrected chi connectivity index (χ0v) is 9.47. The third kappa shape index (κ3) is 7.73. The molecule has 0 atom stereocenters. The third-order valence-corrected chi connectivity index (χ3v) is 1.80. The highest BCUT2D eigenvalue weighted by Gasteiger charge is 2.00. The van der Waals surface area contributed by atoms with Gasteiger partial charge in [-0.15, -0.1) is 0 Å². The van der Waals surface area contributed by atoms with E-state index in [2.05, 4.69) is 11.9 Å². The highest BCUT2D eigenvalue weighted by Crippen LogP contribution is 1.92. The summed E-state index contributed by atoms with van der Waals surface area (Å²) in [5.74, 6) is -0.304. The first-order valence-electron chi connectivity index (χ1n) is 5.17. The molecule has 0 aliphatic rings. The van der Waals surface area contributed by atoms with Gasteiger partial charge >= 0.3 is 5.97 Å². The number of carbonyl (C=O) groups excluding carboxylic acids is 2. The predicted molar refractivity (Wildman–Crippen MR) is 58.3 cm³/mol. The van der Waals surface area contributed by atoms with E-state index in [0.29, 0.717) is 25.1 Å². The Morgan fingerprint density at radius 2 is 2.00 bits per heavy atom. The summed E-state index contributed by atoms with van der Waals surface area (Å²) in [5.41, 5.74) is 0.507. The first-order chi connectivity index (χ1) is 7.07. The molecule has 0 saturated carbocycles. The lowest BCUT2D eigenvalue weighted by Crippen LogP contribution is -2.24.